The van der Waals surface area contributed by atoms with E-state index in [0.717, 1.165) is 52.5 Å². The summed E-state index contributed by atoms with van der Waals surface area (Å²) < 4.78 is 7.75. The normalized spacial score (nSPS) is 16.0. The highest BCUT2D eigenvalue weighted by Gasteiger charge is 2.10. The van der Waals surface area contributed by atoms with Gasteiger partial charge in [-0.3, -0.25) is 4.90 Å². The summed E-state index contributed by atoms with van der Waals surface area (Å²) in [4.78, 5) is 2.48. The van der Waals surface area contributed by atoms with Gasteiger partial charge in [-0.2, -0.15) is 0 Å². The van der Waals surface area contributed by atoms with Crippen LogP contribution in [0.15, 0.2) is 48.7 Å². The second kappa shape index (κ2) is 8.13. The summed E-state index contributed by atoms with van der Waals surface area (Å²) in [5, 5.41) is 3.53. The van der Waals surface area contributed by atoms with E-state index in [1.807, 2.05) is 0 Å². The number of hydrogen-bond acceptors (Lipinski definition) is 3. The van der Waals surface area contributed by atoms with Crippen molar-refractivity contribution >= 4 is 0 Å². The summed E-state index contributed by atoms with van der Waals surface area (Å²) in [6.07, 6.45) is 2.18. The highest BCUT2D eigenvalue weighted by Crippen LogP contribution is 2.05. The Labute approximate surface area is 132 Å². The second-order valence-corrected chi connectivity index (χ2v) is 5.74. The number of nitrogens with one attached hydrogen (secondary N) is 1. The molecule has 1 aliphatic rings. The molecule has 0 bridgehead atoms. The van der Waals surface area contributed by atoms with Crippen LogP contribution in [-0.2, 0) is 24.4 Å². The molecule has 2 aromatic rings. The van der Waals surface area contributed by atoms with Crippen LogP contribution in [0.25, 0.3) is 0 Å². The molecule has 4 heteroatoms. The highest BCUT2D eigenvalue weighted by atomic mass is 16.5. The Hall–Kier alpha value is -1.62. The highest BCUT2D eigenvalue weighted by molar-refractivity contribution is 5.14. The predicted molar refractivity (Wildman–Crippen MR) is 88.7 cm³/mol. The zero-order chi connectivity index (χ0) is 15.0. The van der Waals surface area contributed by atoms with Gasteiger partial charge in [0, 0.05) is 51.2 Å². The average molecular weight is 299 g/mol. The van der Waals surface area contributed by atoms with Crippen LogP contribution in [0.4, 0.5) is 0 Å². The molecule has 1 aliphatic heterocycles. The summed E-state index contributed by atoms with van der Waals surface area (Å²) in [6.45, 7) is 7.83. The van der Waals surface area contributed by atoms with Crippen molar-refractivity contribution in [3.63, 3.8) is 0 Å². The van der Waals surface area contributed by atoms with Crippen molar-refractivity contribution in [1.29, 1.82) is 0 Å². The zero-order valence-corrected chi connectivity index (χ0v) is 13.1. The van der Waals surface area contributed by atoms with E-state index in [-0.39, 0.29) is 0 Å². The SMILES string of the molecule is c1ccc(CNCc2cccn2CCN2CCOCC2)cc1. The molecule has 1 N–H and O–H groups in total. The first kappa shape index (κ1) is 15.3. The first-order valence-corrected chi connectivity index (χ1v) is 8.10. The van der Waals surface area contributed by atoms with Crippen molar-refractivity contribution < 1.29 is 4.74 Å². The molecule has 118 valence electrons. The van der Waals surface area contributed by atoms with Gasteiger partial charge < -0.3 is 14.6 Å². The number of ether oxygens (including phenoxy) is 1. The minimum atomic E-state index is 0.872. The molecule has 0 spiro atoms. The summed E-state index contributed by atoms with van der Waals surface area (Å²) in [5.74, 6) is 0. The molecule has 1 aromatic carbocycles. The third-order valence-electron chi connectivity index (χ3n) is 4.16. The van der Waals surface area contributed by atoms with Crippen molar-refractivity contribution in [2.45, 2.75) is 19.6 Å². The van der Waals surface area contributed by atoms with Crippen LogP contribution in [0.2, 0.25) is 0 Å². The maximum Gasteiger partial charge on any atom is 0.0594 e. The van der Waals surface area contributed by atoms with E-state index in [2.05, 4.69) is 63.4 Å². The van der Waals surface area contributed by atoms with E-state index in [0.29, 0.717) is 0 Å². The van der Waals surface area contributed by atoms with Gasteiger partial charge in [0.2, 0.25) is 0 Å². The number of benzene rings is 1. The Morgan fingerprint density at radius 1 is 0.909 bits per heavy atom. The average Bonchev–Trinajstić information content (AvgIpc) is 3.02. The molecule has 4 nitrogen and oxygen atoms in total. The molecular weight excluding hydrogens is 274 g/mol. The Kier molecular flexibility index (Phi) is 5.65. The summed E-state index contributed by atoms with van der Waals surface area (Å²) in [5.41, 5.74) is 2.68. The Morgan fingerprint density at radius 2 is 1.73 bits per heavy atom. The van der Waals surface area contributed by atoms with Crippen LogP contribution in [0.5, 0.6) is 0 Å². The quantitative estimate of drug-likeness (QED) is 0.849. The van der Waals surface area contributed by atoms with E-state index in [1.54, 1.807) is 0 Å². The number of hydrogen-bond donors (Lipinski definition) is 1. The van der Waals surface area contributed by atoms with Gasteiger partial charge in [-0.05, 0) is 17.7 Å². The fourth-order valence-corrected chi connectivity index (χ4v) is 2.83. The van der Waals surface area contributed by atoms with E-state index < -0.39 is 0 Å². The lowest BCUT2D eigenvalue weighted by molar-refractivity contribution is 0.0363. The zero-order valence-electron chi connectivity index (χ0n) is 13.1. The lowest BCUT2D eigenvalue weighted by atomic mass is 10.2. The predicted octanol–water partition coefficient (Wildman–Crippen LogP) is 2.11. The van der Waals surface area contributed by atoms with Crippen molar-refractivity contribution in [2.24, 2.45) is 0 Å². The topological polar surface area (TPSA) is 29.4 Å². The summed E-state index contributed by atoms with van der Waals surface area (Å²) in [7, 11) is 0. The van der Waals surface area contributed by atoms with E-state index >= 15 is 0 Å². The third-order valence-corrected chi connectivity index (χ3v) is 4.16. The van der Waals surface area contributed by atoms with Crippen molar-refractivity contribution in [3.8, 4) is 0 Å². The molecule has 0 radical (unpaired) electrons. The van der Waals surface area contributed by atoms with Gasteiger partial charge in [0.05, 0.1) is 13.2 Å². The minimum absolute atomic E-state index is 0.872. The second-order valence-electron chi connectivity index (χ2n) is 5.74. The fraction of sp³-hybridized carbons (Fsp3) is 0.444. The molecule has 1 aromatic heterocycles. The minimum Gasteiger partial charge on any atom is -0.379 e. The summed E-state index contributed by atoms with van der Waals surface area (Å²) >= 11 is 0. The van der Waals surface area contributed by atoms with Crippen LogP contribution in [0.1, 0.15) is 11.3 Å². The van der Waals surface area contributed by atoms with Crippen LogP contribution < -0.4 is 5.32 Å². The van der Waals surface area contributed by atoms with Crippen molar-refractivity contribution in [3.05, 3.63) is 59.9 Å². The van der Waals surface area contributed by atoms with Crippen molar-refractivity contribution in [2.75, 3.05) is 32.8 Å². The molecule has 0 atom stereocenters. The first-order chi connectivity index (χ1) is 10.9. The van der Waals surface area contributed by atoms with Gasteiger partial charge in [0.25, 0.3) is 0 Å². The van der Waals surface area contributed by atoms with Crippen LogP contribution >= 0.6 is 0 Å². The maximum atomic E-state index is 5.40. The van der Waals surface area contributed by atoms with Crippen LogP contribution in [0.3, 0.4) is 0 Å². The molecule has 22 heavy (non-hydrogen) atoms. The number of rotatable bonds is 7. The van der Waals surface area contributed by atoms with Crippen molar-refractivity contribution in [1.82, 2.24) is 14.8 Å². The number of morpholine rings is 1. The molecule has 1 fully saturated rings. The van der Waals surface area contributed by atoms with Crippen LogP contribution in [-0.4, -0.2) is 42.3 Å². The van der Waals surface area contributed by atoms with E-state index in [9.17, 15) is 0 Å². The van der Waals surface area contributed by atoms with Gasteiger partial charge in [-0.15, -0.1) is 0 Å². The van der Waals surface area contributed by atoms with Gasteiger partial charge in [-0.25, -0.2) is 0 Å². The van der Waals surface area contributed by atoms with Gasteiger partial charge in [0.15, 0.2) is 0 Å². The Bertz CT molecular complexity index is 546. The summed E-state index contributed by atoms with van der Waals surface area (Å²) in [6, 6.07) is 14.9. The molecule has 2 heterocycles. The Morgan fingerprint density at radius 3 is 2.55 bits per heavy atom. The lowest BCUT2D eigenvalue weighted by Crippen LogP contribution is -2.38. The van der Waals surface area contributed by atoms with Gasteiger partial charge in [-0.1, -0.05) is 30.3 Å². The first-order valence-electron chi connectivity index (χ1n) is 8.10. The standard InChI is InChI=1S/C18H25N3O/c1-2-5-17(6-3-1)15-19-16-18-7-4-8-21(18)10-9-20-11-13-22-14-12-20/h1-8,19H,9-16H2. The molecule has 0 aliphatic carbocycles. The molecule has 3 rings (SSSR count). The van der Waals surface area contributed by atoms with Gasteiger partial charge in [0.1, 0.15) is 0 Å². The molecular formula is C18H25N3O. The molecule has 0 amide bonds. The van der Waals surface area contributed by atoms with E-state index in [4.69, 9.17) is 4.74 Å². The van der Waals surface area contributed by atoms with E-state index in [1.165, 1.54) is 11.3 Å². The fourth-order valence-electron chi connectivity index (χ4n) is 2.83. The monoisotopic (exact) mass is 299 g/mol. The number of aromatic nitrogens is 1. The number of nitrogens with zero attached hydrogens (tertiary/aromatic N) is 2. The smallest absolute Gasteiger partial charge is 0.0594 e. The maximum absolute atomic E-state index is 5.40. The molecule has 0 unspecified atom stereocenters. The Balaban J connectivity index is 1.45. The van der Waals surface area contributed by atoms with Gasteiger partial charge >= 0.3 is 0 Å². The van der Waals surface area contributed by atoms with Crippen LogP contribution in [0, 0.1) is 0 Å². The largest absolute Gasteiger partial charge is 0.379 e. The molecule has 1 saturated heterocycles. The lowest BCUT2D eigenvalue weighted by Gasteiger charge is -2.27. The third kappa shape index (κ3) is 4.44. The molecule has 0 saturated carbocycles.